The van der Waals surface area contributed by atoms with Crippen molar-refractivity contribution in [3.63, 3.8) is 0 Å². The number of aryl methyl sites for hydroxylation is 1. The first-order valence-corrected chi connectivity index (χ1v) is 7.07. The van der Waals surface area contributed by atoms with E-state index in [0.717, 1.165) is 6.07 Å². The lowest BCUT2D eigenvalue weighted by Crippen LogP contribution is -2.09. The van der Waals surface area contributed by atoms with Gasteiger partial charge >= 0.3 is 6.18 Å². The van der Waals surface area contributed by atoms with Crippen molar-refractivity contribution in [2.45, 2.75) is 19.5 Å². The first-order chi connectivity index (χ1) is 9.85. The topological polar surface area (TPSA) is 37.8 Å². The van der Waals surface area contributed by atoms with Gasteiger partial charge in [-0.25, -0.2) is 9.97 Å². The Bertz CT molecular complexity index is 634. The third kappa shape index (κ3) is 3.53. The number of hydrogen-bond acceptors (Lipinski definition) is 3. The van der Waals surface area contributed by atoms with Gasteiger partial charge in [0.2, 0.25) is 0 Å². The average molecular weight is 360 g/mol. The summed E-state index contributed by atoms with van der Waals surface area (Å²) in [6.07, 6.45) is -3.85. The van der Waals surface area contributed by atoms with Crippen LogP contribution in [-0.4, -0.2) is 17.0 Å². The minimum atomic E-state index is -4.47. The molecule has 0 fully saturated rings. The SMILES string of the molecule is CCc1cc(NC)nc(-c2ccc(Br)cc2C(F)(F)F)n1. The quantitative estimate of drug-likeness (QED) is 0.874. The molecule has 0 unspecified atom stereocenters. The van der Waals surface area contributed by atoms with Gasteiger partial charge in [0.15, 0.2) is 5.82 Å². The number of benzene rings is 1. The second kappa shape index (κ2) is 6.01. The van der Waals surface area contributed by atoms with Gasteiger partial charge in [-0.2, -0.15) is 13.2 Å². The van der Waals surface area contributed by atoms with Crippen LogP contribution in [0.1, 0.15) is 18.2 Å². The predicted octanol–water partition coefficient (Wildman–Crippen LogP) is 4.53. The molecule has 1 aromatic heterocycles. The molecular weight excluding hydrogens is 347 g/mol. The van der Waals surface area contributed by atoms with Gasteiger partial charge in [0, 0.05) is 28.8 Å². The van der Waals surface area contributed by atoms with E-state index in [0.29, 0.717) is 22.4 Å². The summed E-state index contributed by atoms with van der Waals surface area (Å²) < 4.78 is 39.9. The minimum absolute atomic E-state index is 0.0301. The summed E-state index contributed by atoms with van der Waals surface area (Å²) in [4.78, 5) is 8.34. The molecule has 0 radical (unpaired) electrons. The Kier molecular flexibility index (Phi) is 4.51. The fourth-order valence-electron chi connectivity index (χ4n) is 1.87. The Balaban J connectivity index is 2.66. The molecule has 2 rings (SSSR count). The van der Waals surface area contributed by atoms with Crippen LogP contribution in [-0.2, 0) is 12.6 Å². The second-order valence-electron chi connectivity index (χ2n) is 4.36. The minimum Gasteiger partial charge on any atom is -0.373 e. The number of nitrogens with zero attached hydrogens (tertiary/aromatic N) is 2. The molecule has 0 aliphatic heterocycles. The van der Waals surface area contributed by atoms with E-state index in [1.807, 2.05) is 6.92 Å². The zero-order valence-corrected chi connectivity index (χ0v) is 13.0. The van der Waals surface area contributed by atoms with E-state index in [-0.39, 0.29) is 11.4 Å². The fourth-order valence-corrected chi connectivity index (χ4v) is 2.23. The molecule has 0 amide bonds. The van der Waals surface area contributed by atoms with Crippen molar-refractivity contribution in [3.8, 4) is 11.4 Å². The monoisotopic (exact) mass is 359 g/mol. The molecule has 0 spiro atoms. The predicted molar refractivity (Wildman–Crippen MR) is 79.1 cm³/mol. The number of hydrogen-bond donors (Lipinski definition) is 1. The molecular formula is C14H13BrF3N3. The third-order valence-corrected chi connectivity index (χ3v) is 3.42. The highest BCUT2D eigenvalue weighted by molar-refractivity contribution is 9.10. The summed E-state index contributed by atoms with van der Waals surface area (Å²) in [6, 6.07) is 5.68. The van der Waals surface area contributed by atoms with E-state index in [1.165, 1.54) is 6.07 Å². The highest BCUT2D eigenvalue weighted by Crippen LogP contribution is 2.37. The molecule has 0 aliphatic carbocycles. The maximum Gasteiger partial charge on any atom is 0.417 e. The molecule has 0 bridgehead atoms. The summed E-state index contributed by atoms with van der Waals surface area (Å²) in [5, 5.41) is 2.84. The van der Waals surface area contributed by atoms with Crippen molar-refractivity contribution in [1.82, 2.24) is 9.97 Å². The molecule has 1 N–H and O–H groups in total. The van der Waals surface area contributed by atoms with E-state index in [2.05, 4.69) is 31.2 Å². The first-order valence-electron chi connectivity index (χ1n) is 6.28. The summed E-state index contributed by atoms with van der Waals surface area (Å²) in [5.74, 6) is 0.561. The number of rotatable bonds is 3. The Morgan fingerprint density at radius 1 is 1.19 bits per heavy atom. The summed E-state index contributed by atoms with van der Waals surface area (Å²) in [5.41, 5.74) is -0.106. The van der Waals surface area contributed by atoms with Gasteiger partial charge in [0.1, 0.15) is 5.82 Å². The van der Waals surface area contributed by atoms with Crippen molar-refractivity contribution >= 4 is 21.7 Å². The van der Waals surface area contributed by atoms with Gasteiger partial charge in [0.05, 0.1) is 5.56 Å². The fraction of sp³-hybridized carbons (Fsp3) is 0.286. The average Bonchev–Trinajstić information content (AvgIpc) is 2.45. The normalized spacial score (nSPS) is 11.5. The number of nitrogens with one attached hydrogen (secondary N) is 1. The zero-order chi connectivity index (χ0) is 15.6. The molecule has 7 heteroatoms. The molecule has 0 atom stereocenters. The molecule has 1 heterocycles. The Hall–Kier alpha value is -1.63. The summed E-state index contributed by atoms with van der Waals surface area (Å²) in [7, 11) is 1.66. The van der Waals surface area contributed by atoms with Crippen LogP contribution in [0, 0.1) is 0 Å². The van der Waals surface area contributed by atoms with Gasteiger partial charge in [-0.3, -0.25) is 0 Å². The highest BCUT2D eigenvalue weighted by Gasteiger charge is 2.34. The number of anilines is 1. The molecule has 1 aromatic carbocycles. The van der Waals surface area contributed by atoms with E-state index in [1.54, 1.807) is 19.2 Å². The van der Waals surface area contributed by atoms with Crippen molar-refractivity contribution in [2.75, 3.05) is 12.4 Å². The van der Waals surface area contributed by atoms with Crippen molar-refractivity contribution in [2.24, 2.45) is 0 Å². The largest absolute Gasteiger partial charge is 0.417 e. The summed E-state index contributed by atoms with van der Waals surface area (Å²) in [6.45, 7) is 1.89. The van der Waals surface area contributed by atoms with Gasteiger partial charge in [-0.05, 0) is 24.6 Å². The van der Waals surface area contributed by atoms with Crippen LogP contribution >= 0.6 is 15.9 Å². The molecule has 3 nitrogen and oxygen atoms in total. The van der Waals surface area contributed by atoms with Crippen LogP contribution < -0.4 is 5.32 Å². The molecule has 0 saturated heterocycles. The number of alkyl halides is 3. The van der Waals surface area contributed by atoms with E-state index in [9.17, 15) is 13.2 Å². The lowest BCUT2D eigenvalue weighted by atomic mass is 10.1. The van der Waals surface area contributed by atoms with Gasteiger partial charge in [-0.1, -0.05) is 22.9 Å². The first kappa shape index (κ1) is 15.8. The standard InChI is InChI=1S/C14H13BrF3N3/c1-3-9-7-12(19-2)21-13(20-9)10-5-4-8(15)6-11(10)14(16,17)18/h4-7H,3H2,1-2H3,(H,19,20,21). The van der Waals surface area contributed by atoms with Crippen LogP contribution in [0.5, 0.6) is 0 Å². The Morgan fingerprint density at radius 2 is 1.90 bits per heavy atom. The highest BCUT2D eigenvalue weighted by atomic mass is 79.9. The van der Waals surface area contributed by atoms with Crippen LogP contribution in [0.15, 0.2) is 28.7 Å². The van der Waals surface area contributed by atoms with Gasteiger partial charge in [0.25, 0.3) is 0 Å². The maximum atomic E-state index is 13.2. The number of halogens is 4. The van der Waals surface area contributed by atoms with E-state index < -0.39 is 11.7 Å². The van der Waals surface area contributed by atoms with Gasteiger partial charge < -0.3 is 5.32 Å². The van der Waals surface area contributed by atoms with Crippen molar-refractivity contribution < 1.29 is 13.2 Å². The molecule has 21 heavy (non-hydrogen) atoms. The molecule has 0 aliphatic rings. The Labute approximate surface area is 128 Å². The lowest BCUT2D eigenvalue weighted by molar-refractivity contribution is -0.137. The van der Waals surface area contributed by atoms with Crippen LogP contribution in [0.2, 0.25) is 0 Å². The van der Waals surface area contributed by atoms with E-state index >= 15 is 0 Å². The van der Waals surface area contributed by atoms with Crippen molar-refractivity contribution in [3.05, 3.63) is 40.0 Å². The number of aromatic nitrogens is 2. The molecule has 0 saturated carbocycles. The molecule has 2 aromatic rings. The zero-order valence-electron chi connectivity index (χ0n) is 11.4. The molecule has 112 valence electrons. The second-order valence-corrected chi connectivity index (χ2v) is 5.28. The lowest BCUT2D eigenvalue weighted by Gasteiger charge is -2.14. The van der Waals surface area contributed by atoms with Crippen molar-refractivity contribution in [1.29, 1.82) is 0 Å². The maximum absolute atomic E-state index is 13.2. The summed E-state index contributed by atoms with van der Waals surface area (Å²) >= 11 is 3.06. The Morgan fingerprint density at radius 3 is 2.48 bits per heavy atom. The van der Waals surface area contributed by atoms with E-state index in [4.69, 9.17) is 0 Å². The van der Waals surface area contributed by atoms with Gasteiger partial charge in [-0.15, -0.1) is 0 Å². The van der Waals surface area contributed by atoms with Crippen LogP contribution in [0.3, 0.4) is 0 Å². The van der Waals surface area contributed by atoms with Crippen LogP contribution in [0.25, 0.3) is 11.4 Å². The third-order valence-electron chi connectivity index (χ3n) is 2.93. The van der Waals surface area contributed by atoms with Crippen LogP contribution in [0.4, 0.5) is 19.0 Å². The smallest absolute Gasteiger partial charge is 0.373 e.